The molecule has 104 valence electrons. The Bertz CT molecular complexity index is 440. The van der Waals surface area contributed by atoms with Crippen LogP contribution in [-0.4, -0.2) is 31.2 Å². The summed E-state index contributed by atoms with van der Waals surface area (Å²) in [5.41, 5.74) is 7.18. The van der Waals surface area contributed by atoms with Crippen molar-refractivity contribution < 1.29 is 9.53 Å². The molecule has 1 aromatic rings. The van der Waals surface area contributed by atoms with Gasteiger partial charge in [-0.15, -0.1) is 0 Å². The zero-order valence-corrected chi connectivity index (χ0v) is 11.4. The van der Waals surface area contributed by atoms with Gasteiger partial charge in [0.1, 0.15) is 0 Å². The van der Waals surface area contributed by atoms with Crippen molar-refractivity contribution in [2.75, 3.05) is 19.8 Å². The number of carbonyl (C=O) groups is 1. The highest BCUT2D eigenvalue weighted by molar-refractivity contribution is 5.96. The molecule has 0 saturated carbocycles. The lowest BCUT2D eigenvalue weighted by Crippen LogP contribution is -2.49. The van der Waals surface area contributed by atoms with Gasteiger partial charge in [-0.3, -0.25) is 4.79 Å². The Morgan fingerprint density at radius 1 is 1.37 bits per heavy atom. The molecule has 0 aliphatic carbocycles. The summed E-state index contributed by atoms with van der Waals surface area (Å²) in [6.07, 6.45) is 2.44. The molecule has 0 spiro atoms. The molecule has 0 unspecified atom stereocenters. The molecular weight excluding hydrogens is 240 g/mol. The van der Waals surface area contributed by atoms with Gasteiger partial charge in [-0.25, -0.2) is 0 Å². The number of rotatable bonds is 4. The first-order valence-electron chi connectivity index (χ1n) is 6.83. The zero-order chi connectivity index (χ0) is 13.7. The quantitative estimate of drug-likeness (QED) is 0.864. The highest BCUT2D eigenvalue weighted by atomic mass is 16.5. The van der Waals surface area contributed by atoms with Crippen molar-refractivity contribution >= 4 is 5.91 Å². The lowest BCUT2D eigenvalue weighted by atomic mass is 9.91. The van der Waals surface area contributed by atoms with Gasteiger partial charge in [-0.1, -0.05) is 18.2 Å². The fourth-order valence-electron chi connectivity index (χ4n) is 2.40. The van der Waals surface area contributed by atoms with Crippen LogP contribution in [0.1, 0.15) is 35.7 Å². The van der Waals surface area contributed by atoms with E-state index in [9.17, 15) is 4.79 Å². The third-order valence-electron chi connectivity index (χ3n) is 3.69. The first-order valence-corrected chi connectivity index (χ1v) is 6.83. The zero-order valence-electron chi connectivity index (χ0n) is 11.4. The highest BCUT2D eigenvalue weighted by Crippen LogP contribution is 2.21. The van der Waals surface area contributed by atoms with Crippen LogP contribution in [-0.2, 0) is 11.2 Å². The van der Waals surface area contributed by atoms with E-state index in [-0.39, 0.29) is 11.4 Å². The number of carbonyl (C=O) groups excluding carboxylic acids is 1. The van der Waals surface area contributed by atoms with Crippen LogP contribution in [0.15, 0.2) is 24.3 Å². The van der Waals surface area contributed by atoms with E-state index in [2.05, 4.69) is 12.2 Å². The maximum absolute atomic E-state index is 12.4. The van der Waals surface area contributed by atoms with Gasteiger partial charge in [0, 0.05) is 24.3 Å². The molecule has 4 nitrogen and oxygen atoms in total. The van der Waals surface area contributed by atoms with E-state index in [0.29, 0.717) is 19.8 Å². The third kappa shape index (κ3) is 3.55. The van der Waals surface area contributed by atoms with Crippen molar-refractivity contribution in [1.29, 1.82) is 0 Å². The predicted octanol–water partition coefficient (Wildman–Crippen LogP) is 1.49. The highest BCUT2D eigenvalue weighted by Gasteiger charge is 2.29. The predicted molar refractivity (Wildman–Crippen MR) is 75.1 cm³/mol. The van der Waals surface area contributed by atoms with Crippen LogP contribution in [0.5, 0.6) is 0 Å². The Morgan fingerprint density at radius 2 is 2.05 bits per heavy atom. The van der Waals surface area contributed by atoms with E-state index in [4.69, 9.17) is 10.5 Å². The molecule has 0 atom stereocenters. The summed E-state index contributed by atoms with van der Waals surface area (Å²) < 4.78 is 5.35. The van der Waals surface area contributed by atoms with Crippen molar-refractivity contribution in [3.63, 3.8) is 0 Å². The van der Waals surface area contributed by atoms with Gasteiger partial charge in [-0.2, -0.15) is 0 Å². The fraction of sp³-hybridized carbons (Fsp3) is 0.533. The number of nitrogens with one attached hydrogen (secondary N) is 1. The van der Waals surface area contributed by atoms with Crippen molar-refractivity contribution in [3.05, 3.63) is 35.4 Å². The molecule has 2 rings (SSSR count). The van der Waals surface area contributed by atoms with Crippen LogP contribution in [0, 0.1) is 0 Å². The van der Waals surface area contributed by atoms with Crippen molar-refractivity contribution in [1.82, 2.24) is 5.32 Å². The first-order chi connectivity index (χ1) is 9.14. The second-order valence-electron chi connectivity index (χ2n) is 5.32. The first kappa shape index (κ1) is 14.0. The molecule has 1 saturated heterocycles. The monoisotopic (exact) mass is 262 g/mol. The molecule has 4 heteroatoms. The topological polar surface area (TPSA) is 64.4 Å². The van der Waals surface area contributed by atoms with Crippen LogP contribution in [0.3, 0.4) is 0 Å². The second kappa shape index (κ2) is 6.17. The SMILES string of the molecule is CC1(NC(=O)c2ccccc2CCN)CCOCC1. The second-order valence-corrected chi connectivity index (χ2v) is 5.32. The van der Waals surface area contributed by atoms with Gasteiger partial charge >= 0.3 is 0 Å². The Morgan fingerprint density at radius 3 is 2.74 bits per heavy atom. The number of benzene rings is 1. The van der Waals surface area contributed by atoms with Gasteiger partial charge in [0.15, 0.2) is 0 Å². The molecular formula is C15H22N2O2. The van der Waals surface area contributed by atoms with Crippen LogP contribution >= 0.6 is 0 Å². The minimum absolute atomic E-state index is 0.00606. The van der Waals surface area contributed by atoms with Crippen LogP contribution in [0.4, 0.5) is 0 Å². The number of nitrogens with two attached hydrogens (primary N) is 1. The van der Waals surface area contributed by atoms with Crippen molar-refractivity contribution in [2.24, 2.45) is 5.73 Å². The minimum atomic E-state index is -0.162. The van der Waals surface area contributed by atoms with Gasteiger partial charge in [0.25, 0.3) is 5.91 Å². The third-order valence-corrected chi connectivity index (χ3v) is 3.69. The summed E-state index contributed by atoms with van der Waals surface area (Å²) in [4.78, 5) is 12.4. The van der Waals surface area contributed by atoms with Crippen LogP contribution in [0.2, 0.25) is 0 Å². The summed E-state index contributed by atoms with van der Waals surface area (Å²) in [5, 5.41) is 3.15. The fourth-order valence-corrected chi connectivity index (χ4v) is 2.40. The van der Waals surface area contributed by atoms with E-state index in [0.717, 1.165) is 30.4 Å². The Labute approximate surface area is 114 Å². The molecule has 0 radical (unpaired) electrons. The summed E-state index contributed by atoms with van der Waals surface area (Å²) >= 11 is 0. The maximum Gasteiger partial charge on any atom is 0.251 e. The average Bonchev–Trinajstić information content (AvgIpc) is 2.40. The Balaban J connectivity index is 2.11. The van der Waals surface area contributed by atoms with Crippen LogP contribution < -0.4 is 11.1 Å². The summed E-state index contributed by atoms with van der Waals surface area (Å²) in [7, 11) is 0. The normalized spacial score (nSPS) is 18.0. The smallest absolute Gasteiger partial charge is 0.251 e. The Hall–Kier alpha value is -1.39. The maximum atomic E-state index is 12.4. The lowest BCUT2D eigenvalue weighted by molar-refractivity contribution is 0.0422. The number of hydrogen-bond acceptors (Lipinski definition) is 3. The molecule has 1 amide bonds. The van der Waals surface area contributed by atoms with Gasteiger partial charge < -0.3 is 15.8 Å². The molecule has 1 heterocycles. The van der Waals surface area contributed by atoms with Crippen molar-refractivity contribution in [2.45, 2.75) is 31.7 Å². The lowest BCUT2D eigenvalue weighted by Gasteiger charge is -2.34. The number of amides is 1. The summed E-state index contributed by atoms with van der Waals surface area (Å²) in [6, 6.07) is 7.66. The van der Waals surface area contributed by atoms with E-state index in [1.807, 2.05) is 24.3 Å². The van der Waals surface area contributed by atoms with E-state index in [1.165, 1.54) is 0 Å². The minimum Gasteiger partial charge on any atom is -0.381 e. The van der Waals surface area contributed by atoms with E-state index in [1.54, 1.807) is 0 Å². The molecule has 19 heavy (non-hydrogen) atoms. The Kier molecular flexibility index (Phi) is 4.56. The summed E-state index contributed by atoms with van der Waals surface area (Å²) in [6.45, 7) is 4.05. The number of hydrogen-bond donors (Lipinski definition) is 2. The largest absolute Gasteiger partial charge is 0.381 e. The molecule has 1 aliphatic rings. The molecule has 1 aromatic carbocycles. The van der Waals surface area contributed by atoms with Crippen molar-refractivity contribution in [3.8, 4) is 0 Å². The van der Waals surface area contributed by atoms with E-state index >= 15 is 0 Å². The molecule has 1 fully saturated rings. The summed E-state index contributed by atoms with van der Waals surface area (Å²) in [5.74, 6) is -0.00606. The molecule has 3 N–H and O–H groups in total. The molecule has 1 aliphatic heterocycles. The molecule has 0 bridgehead atoms. The number of ether oxygens (including phenoxy) is 1. The van der Waals surface area contributed by atoms with Crippen LogP contribution in [0.25, 0.3) is 0 Å². The molecule has 0 aromatic heterocycles. The van der Waals surface area contributed by atoms with Gasteiger partial charge in [-0.05, 0) is 44.4 Å². The van der Waals surface area contributed by atoms with E-state index < -0.39 is 0 Å². The van der Waals surface area contributed by atoms with Gasteiger partial charge in [0.05, 0.1) is 0 Å². The average molecular weight is 262 g/mol. The standard InChI is InChI=1S/C15H22N2O2/c1-15(7-10-19-11-8-15)17-14(18)13-5-3-2-4-12(13)6-9-16/h2-5H,6-11,16H2,1H3,(H,17,18). The van der Waals surface area contributed by atoms with Gasteiger partial charge in [0.2, 0.25) is 0 Å².